The van der Waals surface area contributed by atoms with Crippen LogP contribution in [0.15, 0.2) is 24.4 Å². The summed E-state index contributed by atoms with van der Waals surface area (Å²) in [6, 6.07) is 3.27. The van der Waals surface area contributed by atoms with Gasteiger partial charge in [-0.1, -0.05) is 18.9 Å². The Bertz CT molecular complexity index is 1570. The quantitative estimate of drug-likeness (QED) is 0.247. The maximum absolute atomic E-state index is 14.7. The third-order valence-electron chi connectivity index (χ3n) is 7.38. The highest BCUT2D eigenvalue weighted by atomic mass is 19.4. The second-order valence-electron chi connectivity index (χ2n) is 11.7. The first-order valence-electron chi connectivity index (χ1n) is 13.6. The van der Waals surface area contributed by atoms with E-state index in [4.69, 9.17) is 14.2 Å². The van der Waals surface area contributed by atoms with Crippen LogP contribution in [0.1, 0.15) is 77.1 Å². The van der Waals surface area contributed by atoms with E-state index in [2.05, 4.69) is 32.1 Å². The van der Waals surface area contributed by atoms with Crippen LogP contribution < -0.4 is 10.1 Å². The number of hydrogen-bond acceptors (Lipinski definition) is 6. The Morgan fingerprint density at radius 3 is 2.56 bits per heavy atom. The van der Waals surface area contributed by atoms with Gasteiger partial charge in [0.15, 0.2) is 17.2 Å². The lowest BCUT2D eigenvalue weighted by Gasteiger charge is -2.32. The van der Waals surface area contributed by atoms with Gasteiger partial charge in [0.1, 0.15) is 28.7 Å². The van der Waals surface area contributed by atoms with Gasteiger partial charge >= 0.3 is 12.3 Å². The summed E-state index contributed by atoms with van der Waals surface area (Å²) in [5, 5.41) is 2.69. The van der Waals surface area contributed by atoms with E-state index in [0.29, 0.717) is 5.52 Å². The number of hydrogen-bond donors (Lipinski definition) is 2. The van der Waals surface area contributed by atoms with Crippen molar-refractivity contribution in [3.8, 4) is 17.6 Å². The van der Waals surface area contributed by atoms with Crippen molar-refractivity contribution in [3.05, 3.63) is 53.1 Å². The number of amides is 1. The predicted octanol–water partition coefficient (Wildman–Crippen LogP) is 6.71. The van der Waals surface area contributed by atoms with Crippen molar-refractivity contribution in [1.29, 1.82) is 0 Å². The molecule has 2 aromatic heterocycles. The number of alkyl halides is 3. The van der Waals surface area contributed by atoms with Gasteiger partial charge in [-0.15, -0.1) is 0 Å². The van der Waals surface area contributed by atoms with Crippen LogP contribution in [0.4, 0.5) is 26.7 Å². The minimum absolute atomic E-state index is 0.0111. The zero-order valence-electron chi connectivity index (χ0n) is 24.7. The minimum atomic E-state index is -4.79. The predicted molar refractivity (Wildman–Crippen MR) is 147 cm³/mol. The normalized spacial score (nSPS) is 23.0. The van der Waals surface area contributed by atoms with Gasteiger partial charge in [0.25, 0.3) is 0 Å². The fourth-order valence-corrected chi connectivity index (χ4v) is 5.08. The van der Waals surface area contributed by atoms with Crippen LogP contribution in [0.3, 0.4) is 0 Å². The van der Waals surface area contributed by atoms with Gasteiger partial charge in [-0.05, 0) is 52.7 Å². The fourth-order valence-electron chi connectivity index (χ4n) is 5.08. The van der Waals surface area contributed by atoms with E-state index >= 15 is 0 Å². The number of ether oxygens (including phenoxy) is 3. The lowest BCUT2D eigenvalue weighted by Crippen LogP contribution is -2.46. The number of imidazole rings is 1. The maximum Gasteiger partial charge on any atom is 0.417 e. The molecule has 1 saturated heterocycles. The number of halogens is 5. The van der Waals surface area contributed by atoms with Crippen LogP contribution in [0, 0.1) is 29.4 Å². The topological polar surface area (TPSA) is 98.4 Å². The molecule has 0 aliphatic carbocycles. The van der Waals surface area contributed by atoms with E-state index in [0.717, 1.165) is 20.1 Å². The first kappa shape index (κ1) is 32.0. The summed E-state index contributed by atoms with van der Waals surface area (Å²) in [5.74, 6) is 0.473. The van der Waals surface area contributed by atoms with Gasteiger partial charge < -0.3 is 24.5 Å². The Morgan fingerprint density at radius 1 is 1.23 bits per heavy atom. The fraction of sp³-hybridized carbons (Fsp3) is 0.500. The summed E-state index contributed by atoms with van der Waals surface area (Å²) in [5.41, 5.74) is -2.32. The number of rotatable bonds is 5. The largest absolute Gasteiger partial charge is 0.493 e. The number of carbonyl (C=O) groups is 1. The molecule has 3 heterocycles. The first-order valence-corrected chi connectivity index (χ1v) is 13.6. The number of nitrogens with zero attached hydrogens (tertiary/aromatic N) is 2. The van der Waals surface area contributed by atoms with Crippen LogP contribution in [0.2, 0.25) is 0 Å². The average molecular weight is 609 g/mol. The number of aromatic amines is 1. The Morgan fingerprint density at radius 2 is 1.93 bits per heavy atom. The summed E-state index contributed by atoms with van der Waals surface area (Å²) in [4.78, 5) is 23.8. The summed E-state index contributed by atoms with van der Waals surface area (Å²) in [6.45, 7) is 9.26. The van der Waals surface area contributed by atoms with E-state index < -0.39 is 58.8 Å². The third-order valence-corrected chi connectivity index (χ3v) is 7.38. The molecule has 5 atom stereocenters. The van der Waals surface area contributed by atoms with Gasteiger partial charge in [0.2, 0.25) is 5.82 Å². The van der Waals surface area contributed by atoms with Crippen LogP contribution in [0.5, 0.6) is 5.75 Å². The second kappa shape index (κ2) is 11.6. The van der Waals surface area contributed by atoms with Gasteiger partial charge in [-0.2, -0.15) is 17.6 Å². The number of alkyl carbamates (subject to hydrolysis) is 1. The molecule has 0 bridgehead atoms. The molecule has 0 spiro atoms. The average Bonchev–Trinajstić information content (AvgIpc) is 3.44. The molecule has 2 N–H and O–H groups in total. The van der Waals surface area contributed by atoms with Gasteiger partial charge in [0, 0.05) is 36.1 Å². The van der Waals surface area contributed by atoms with Crippen molar-refractivity contribution < 1.29 is 41.0 Å². The Kier molecular flexibility index (Phi) is 8.66. The molecule has 8 nitrogen and oxygen atoms in total. The molecular weight excluding hydrogens is 575 g/mol. The maximum atomic E-state index is 14.7. The highest BCUT2D eigenvalue weighted by Crippen LogP contribution is 2.59. The molecule has 43 heavy (non-hydrogen) atoms. The molecule has 13 heteroatoms. The molecule has 1 aliphatic heterocycles. The molecular formula is C30H33F5N4O4. The highest BCUT2D eigenvalue weighted by molar-refractivity contribution is 5.80. The van der Waals surface area contributed by atoms with Crippen molar-refractivity contribution in [2.24, 2.45) is 5.92 Å². The lowest BCUT2D eigenvalue weighted by atomic mass is 9.77. The monoisotopic (exact) mass is 608 g/mol. The highest BCUT2D eigenvalue weighted by Gasteiger charge is 2.65. The molecule has 1 aliphatic rings. The van der Waals surface area contributed by atoms with Crippen molar-refractivity contribution >= 4 is 17.1 Å². The van der Waals surface area contributed by atoms with Crippen LogP contribution >= 0.6 is 0 Å². The van der Waals surface area contributed by atoms with Gasteiger partial charge in [-0.25, -0.2) is 19.2 Å². The Labute approximate surface area is 245 Å². The van der Waals surface area contributed by atoms with E-state index in [-0.39, 0.29) is 35.1 Å². The summed E-state index contributed by atoms with van der Waals surface area (Å²) < 4.78 is 87.8. The van der Waals surface area contributed by atoms with Crippen molar-refractivity contribution in [3.63, 3.8) is 0 Å². The van der Waals surface area contributed by atoms with Crippen LogP contribution in [-0.2, 0) is 9.47 Å². The summed E-state index contributed by atoms with van der Waals surface area (Å²) >= 11 is 0. The number of H-pyrrole nitrogens is 1. The molecule has 0 unspecified atom stereocenters. The smallest absolute Gasteiger partial charge is 0.417 e. The Balaban J connectivity index is 1.70. The van der Waals surface area contributed by atoms with Crippen molar-refractivity contribution in [2.75, 3.05) is 7.11 Å². The van der Waals surface area contributed by atoms with E-state index in [1.54, 1.807) is 33.8 Å². The third kappa shape index (κ3) is 6.39. The SMILES string of the molecule is COc1c([C@H]2[C@H](c3nc4c(C#CC[C@H](C)NC(=O)OC(C)(C)C)nccc4[nH]3)O[C@@](C)(C(F)(F)F)[C@H]2C)ccc(F)c1F. The number of pyridine rings is 1. The first-order chi connectivity index (χ1) is 20.0. The van der Waals surface area contributed by atoms with E-state index in [9.17, 15) is 26.7 Å². The molecule has 4 rings (SSSR count). The number of nitrogens with one attached hydrogen (secondary N) is 2. The molecule has 1 amide bonds. The van der Waals surface area contributed by atoms with E-state index in [1.165, 1.54) is 19.2 Å². The number of carbonyl (C=O) groups excluding carboxylic acids is 1. The van der Waals surface area contributed by atoms with E-state index in [1.807, 2.05) is 0 Å². The van der Waals surface area contributed by atoms with Crippen LogP contribution in [0.25, 0.3) is 11.0 Å². The standard InChI is InChI=1S/C30H33F5N4O4/c1-15(37-27(40)43-28(3,4)5)9-8-10-19-23-20(13-14-36-19)38-26(39-23)25-21(16(2)29(6,42-25)30(33,34)35)17-11-12-18(31)22(32)24(17)41-7/h11-16,21,25H,9H2,1-7H3,(H,37,40)(H,38,39)/t15-,16-,21-,25+,29+/m0/s1. The molecule has 1 fully saturated rings. The van der Waals surface area contributed by atoms with Crippen molar-refractivity contribution in [1.82, 2.24) is 20.3 Å². The minimum Gasteiger partial charge on any atom is -0.493 e. The molecule has 0 radical (unpaired) electrons. The van der Waals surface area contributed by atoms with Crippen molar-refractivity contribution in [2.45, 2.75) is 83.4 Å². The second-order valence-corrected chi connectivity index (χ2v) is 11.7. The molecule has 232 valence electrons. The summed E-state index contributed by atoms with van der Waals surface area (Å²) in [7, 11) is 1.11. The molecule has 0 saturated carbocycles. The molecule has 1 aromatic carbocycles. The number of aromatic nitrogens is 3. The molecule has 3 aromatic rings. The summed E-state index contributed by atoms with van der Waals surface area (Å²) in [6.07, 6.45) is -5.00. The Hall–Kier alpha value is -3.92. The van der Waals surface area contributed by atoms with Gasteiger partial charge in [-0.3, -0.25) is 0 Å². The zero-order chi connectivity index (χ0) is 31.9. The van der Waals surface area contributed by atoms with Gasteiger partial charge in [0.05, 0.1) is 12.6 Å². The number of methoxy groups -OCH3 is 1. The zero-order valence-corrected chi connectivity index (χ0v) is 24.7. The van der Waals surface area contributed by atoms with Crippen LogP contribution in [-0.4, -0.2) is 51.6 Å². The number of fused-ring (bicyclic) bond motifs is 1. The lowest BCUT2D eigenvalue weighted by molar-refractivity contribution is -0.275. The number of benzene rings is 1.